The first-order valence-electron chi connectivity index (χ1n) is 9.84. The monoisotopic (exact) mass is 397 g/mol. The van der Waals surface area contributed by atoms with Crippen molar-refractivity contribution >= 4 is 21.6 Å². The summed E-state index contributed by atoms with van der Waals surface area (Å²) in [5.41, 5.74) is 2.35. The number of benzene rings is 1. The maximum Gasteiger partial charge on any atom is 0.259 e. The van der Waals surface area contributed by atoms with Crippen molar-refractivity contribution in [2.45, 2.75) is 45.7 Å². The van der Waals surface area contributed by atoms with Crippen molar-refractivity contribution in [1.29, 1.82) is 0 Å². The van der Waals surface area contributed by atoms with E-state index >= 15 is 0 Å². The normalized spacial score (nSPS) is 17.7. The van der Waals surface area contributed by atoms with Crippen molar-refractivity contribution < 1.29 is 4.74 Å². The fourth-order valence-electron chi connectivity index (χ4n) is 4.01. The lowest BCUT2D eigenvalue weighted by Crippen LogP contribution is -2.26. The molecule has 2 aromatic heterocycles. The van der Waals surface area contributed by atoms with E-state index in [9.17, 15) is 4.79 Å². The van der Waals surface area contributed by atoms with Crippen LogP contribution in [0.2, 0.25) is 0 Å². The Hall–Kier alpha value is -2.18. The summed E-state index contributed by atoms with van der Waals surface area (Å²) >= 11 is 1.70. The molecule has 4 rings (SSSR count). The number of methoxy groups -OCH3 is 1. The fourth-order valence-corrected chi connectivity index (χ4v) is 5.40. The molecule has 3 aromatic rings. The average molecular weight is 398 g/mol. The Kier molecular flexibility index (Phi) is 5.25. The number of thiophene rings is 1. The number of H-pyrrole nitrogens is 1. The number of rotatable bonds is 5. The van der Waals surface area contributed by atoms with Crippen molar-refractivity contribution in [3.05, 3.63) is 56.4 Å². The molecule has 2 unspecified atom stereocenters. The molecule has 1 aromatic carbocycles. The van der Waals surface area contributed by atoms with Gasteiger partial charge in [-0.25, -0.2) is 4.98 Å². The standard InChI is InChI=1S/C22H27N3O2S/c1-13-9-10-16-18(11-13)28-22-19(16)21(26)23-20(24-22)14(2)25(3)12-15-7-5-6-8-17(15)27-4/h5-8,13-14H,9-12H2,1-4H3,(H,23,24,26). The summed E-state index contributed by atoms with van der Waals surface area (Å²) in [5, 5.41) is 0.815. The summed E-state index contributed by atoms with van der Waals surface area (Å²) in [5.74, 6) is 2.28. The summed E-state index contributed by atoms with van der Waals surface area (Å²) in [4.78, 5) is 25.2. The van der Waals surface area contributed by atoms with Crippen LogP contribution >= 0.6 is 11.3 Å². The molecule has 0 spiro atoms. The topological polar surface area (TPSA) is 58.2 Å². The lowest BCUT2D eigenvalue weighted by molar-refractivity contribution is 0.240. The van der Waals surface area contributed by atoms with E-state index in [1.165, 1.54) is 10.4 Å². The van der Waals surface area contributed by atoms with Gasteiger partial charge in [-0.15, -0.1) is 11.3 Å². The maximum atomic E-state index is 12.9. The van der Waals surface area contributed by atoms with Crippen molar-refractivity contribution in [1.82, 2.24) is 14.9 Å². The van der Waals surface area contributed by atoms with E-state index in [0.717, 1.165) is 46.6 Å². The molecule has 0 radical (unpaired) electrons. The lowest BCUT2D eigenvalue weighted by atomic mass is 9.89. The molecule has 1 N–H and O–H groups in total. The van der Waals surface area contributed by atoms with Gasteiger partial charge in [-0.3, -0.25) is 9.69 Å². The van der Waals surface area contributed by atoms with Gasteiger partial charge >= 0.3 is 0 Å². The number of hydrogen-bond donors (Lipinski definition) is 1. The van der Waals surface area contributed by atoms with E-state index < -0.39 is 0 Å². The molecule has 2 atom stereocenters. The SMILES string of the molecule is COc1ccccc1CN(C)C(C)c1nc2sc3c(c2c(=O)[nH]1)CCC(C)C3. The van der Waals surface area contributed by atoms with Gasteiger partial charge in [0.15, 0.2) is 0 Å². The highest BCUT2D eigenvalue weighted by Crippen LogP contribution is 2.36. The Morgan fingerprint density at radius 2 is 2.18 bits per heavy atom. The van der Waals surface area contributed by atoms with E-state index in [0.29, 0.717) is 12.5 Å². The highest BCUT2D eigenvalue weighted by atomic mass is 32.1. The highest BCUT2D eigenvalue weighted by molar-refractivity contribution is 7.18. The third kappa shape index (κ3) is 3.47. The van der Waals surface area contributed by atoms with Crippen LogP contribution in [0.1, 0.15) is 48.1 Å². The van der Waals surface area contributed by atoms with E-state index in [4.69, 9.17) is 9.72 Å². The molecule has 0 amide bonds. The van der Waals surface area contributed by atoms with E-state index in [1.54, 1.807) is 18.4 Å². The summed E-state index contributed by atoms with van der Waals surface area (Å²) in [6, 6.07) is 8.00. The number of nitrogens with one attached hydrogen (secondary N) is 1. The number of para-hydroxylation sites is 1. The van der Waals surface area contributed by atoms with Gasteiger partial charge in [-0.05, 0) is 50.8 Å². The van der Waals surface area contributed by atoms with Crippen molar-refractivity contribution in [2.75, 3.05) is 14.2 Å². The van der Waals surface area contributed by atoms with Crippen molar-refractivity contribution in [3.8, 4) is 5.75 Å². The summed E-state index contributed by atoms with van der Waals surface area (Å²) in [6.07, 6.45) is 3.20. The van der Waals surface area contributed by atoms with Crippen LogP contribution in [-0.2, 0) is 19.4 Å². The second-order valence-electron chi connectivity index (χ2n) is 7.89. The van der Waals surface area contributed by atoms with E-state index in [-0.39, 0.29) is 11.6 Å². The first kappa shape index (κ1) is 19.2. The second kappa shape index (κ2) is 7.68. The third-order valence-corrected chi connectivity index (χ3v) is 7.00. The van der Waals surface area contributed by atoms with Crippen LogP contribution in [0.25, 0.3) is 10.2 Å². The molecular formula is C22H27N3O2S. The van der Waals surface area contributed by atoms with Crippen LogP contribution in [0, 0.1) is 5.92 Å². The fraction of sp³-hybridized carbons (Fsp3) is 0.455. The van der Waals surface area contributed by atoms with Crippen molar-refractivity contribution in [2.24, 2.45) is 5.92 Å². The average Bonchev–Trinajstić information content (AvgIpc) is 3.05. The Bertz CT molecular complexity index is 1060. The minimum absolute atomic E-state index is 0.00425. The molecule has 0 fully saturated rings. The van der Waals surface area contributed by atoms with Crippen LogP contribution in [0.4, 0.5) is 0 Å². The number of hydrogen-bond acceptors (Lipinski definition) is 5. The highest BCUT2D eigenvalue weighted by Gasteiger charge is 2.24. The predicted octanol–water partition coefficient (Wildman–Crippen LogP) is 4.31. The number of nitrogens with zero attached hydrogens (tertiary/aromatic N) is 2. The van der Waals surface area contributed by atoms with Crippen LogP contribution in [-0.4, -0.2) is 29.0 Å². The van der Waals surface area contributed by atoms with Crippen LogP contribution < -0.4 is 10.3 Å². The lowest BCUT2D eigenvalue weighted by Gasteiger charge is -2.24. The number of ether oxygens (including phenoxy) is 1. The summed E-state index contributed by atoms with van der Waals surface area (Å²) < 4.78 is 5.47. The van der Waals surface area contributed by atoms with Gasteiger partial charge in [0, 0.05) is 17.0 Å². The van der Waals surface area contributed by atoms with Gasteiger partial charge in [0.05, 0.1) is 18.5 Å². The number of aryl methyl sites for hydroxylation is 1. The van der Waals surface area contributed by atoms with Gasteiger partial charge in [0.1, 0.15) is 16.4 Å². The minimum Gasteiger partial charge on any atom is -0.496 e. The first-order chi connectivity index (χ1) is 13.5. The van der Waals surface area contributed by atoms with E-state index in [1.807, 2.05) is 25.2 Å². The smallest absolute Gasteiger partial charge is 0.259 e. The number of fused-ring (bicyclic) bond motifs is 3. The third-order valence-electron chi connectivity index (χ3n) is 5.85. The Balaban J connectivity index is 1.64. The minimum atomic E-state index is -0.0138. The molecule has 0 saturated carbocycles. The first-order valence-corrected chi connectivity index (χ1v) is 10.7. The van der Waals surface area contributed by atoms with Gasteiger partial charge in [0.25, 0.3) is 5.56 Å². The molecule has 0 bridgehead atoms. The quantitative estimate of drug-likeness (QED) is 0.697. The molecule has 6 heteroatoms. The maximum absolute atomic E-state index is 12.9. The van der Waals surface area contributed by atoms with Gasteiger partial charge in [-0.1, -0.05) is 25.1 Å². The molecule has 148 valence electrons. The van der Waals surface area contributed by atoms with E-state index in [2.05, 4.69) is 29.8 Å². The van der Waals surface area contributed by atoms with Crippen LogP contribution in [0.3, 0.4) is 0 Å². The molecule has 5 nitrogen and oxygen atoms in total. The molecule has 1 aliphatic carbocycles. The Morgan fingerprint density at radius 1 is 1.39 bits per heavy atom. The zero-order valence-electron chi connectivity index (χ0n) is 16.9. The zero-order valence-corrected chi connectivity index (χ0v) is 17.7. The largest absolute Gasteiger partial charge is 0.496 e. The van der Waals surface area contributed by atoms with Gasteiger partial charge in [0.2, 0.25) is 0 Å². The zero-order chi connectivity index (χ0) is 19.8. The molecule has 0 aliphatic heterocycles. The summed E-state index contributed by atoms with van der Waals surface area (Å²) in [7, 11) is 3.73. The molecule has 0 saturated heterocycles. The van der Waals surface area contributed by atoms with Gasteiger partial charge < -0.3 is 9.72 Å². The van der Waals surface area contributed by atoms with Crippen molar-refractivity contribution in [3.63, 3.8) is 0 Å². The molecular weight excluding hydrogens is 370 g/mol. The molecule has 1 aliphatic rings. The summed E-state index contributed by atoms with van der Waals surface area (Å²) in [6.45, 7) is 5.08. The second-order valence-corrected chi connectivity index (χ2v) is 8.97. The molecule has 2 heterocycles. The number of aromatic nitrogens is 2. The number of aromatic amines is 1. The van der Waals surface area contributed by atoms with Gasteiger partial charge in [-0.2, -0.15) is 0 Å². The van der Waals surface area contributed by atoms with Crippen LogP contribution in [0.15, 0.2) is 29.1 Å². The molecule has 28 heavy (non-hydrogen) atoms. The Morgan fingerprint density at radius 3 is 2.96 bits per heavy atom. The Labute approximate surface area is 169 Å². The predicted molar refractivity (Wildman–Crippen MR) is 114 cm³/mol. The van der Waals surface area contributed by atoms with Crippen LogP contribution in [0.5, 0.6) is 5.75 Å².